The van der Waals surface area contributed by atoms with Gasteiger partial charge in [0, 0.05) is 0 Å². The van der Waals surface area contributed by atoms with E-state index in [1.807, 2.05) is 19.6 Å². The Kier molecular flexibility index (Phi) is 24.9. The van der Waals surface area contributed by atoms with Crippen LogP contribution in [-0.4, -0.2) is 54.7 Å². The molecule has 0 heterocycles. The predicted molar refractivity (Wildman–Crippen MR) is 158 cm³/mol. The van der Waals surface area contributed by atoms with E-state index in [0.717, 1.165) is 0 Å². The average molecular weight is 536 g/mol. The smallest absolute Gasteiger partial charge is 0.179 e. The number of hydrogen-bond donors (Lipinski definition) is 1. The van der Waals surface area contributed by atoms with Crippen LogP contribution in [0, 0.1) is 0 Å². The van der Waals surface area contributed by atoms with Gasteiger partial charge in [-0.15, -0.1) is 0 Å². The van der Waals surface area contributed by atoms with Crippen LogP contribution < -0.4 is 4.80 Å². The molecule has 4 nitrogen and oxygen atoms in total. The molecular formula is C20H63O4Si6-. The van der Waals surface area contributed by atoms with Crippen LogP contribution in [-0.2, 0) is 8.23 Å². The fourth-order valence-corrected chi connectivity index (χ4v) is 16.5. The van der Waals surface area contributed by atoms with Gasteiger partial charge in [-0.3, -0.25) is 0 Å². The molecule has 1 N–H and O–H groups in total. The SMILES string of the molecule is C.C.C[Si](C)(C)O.C[Si](C)(C)O[Si](C)(C)C.C[Si](C)(C)O[Si](C)(C)C.C[Si](C)(C)[O-]. The van der Waals surface area contributed by atoms with Gasteiger partial charge in [0.05, 0.1) is 0 Å². The monoisotopic (exact) mass is 535 g/mol. The van der Waals surface area contributed by atoms with E-state index in [0.29, 0.717) is 0 Å². The summed E-state index contributed by atoms with van der Waals surface area (Å²) in [6.07, 6.45) is 0. The molecule has 192 valence electrons. The summed E-state index contributed by atoms with van der Waals surface area (Å²) in [5, 5.41) is 0. The van der Waals surface area contributed by atoms with Gasteiger partial charge in [0.15, 0.2) is 41.6 Å². The molecule has 0 aromatic heterocycles. The molecule has 0 bridgehead atoms. The van der Waals surface area contributed by atoms with Gasteiger partial charge in [-0.2, -0.15) is 0 Å². The first-order valence-corrected chi connectivity index (χ1v) is 30.7. The molecule has 0 amide bonds. The van der Waals surface area contributed by atoms with E-state index in [9.17, 15) is 4.80 Å². The third-order valence-corrected chi connectivity index (χ3v) is 11.0. The van der Waals surface area contributed by atoms with Crippen molar-refractivity contribution in [3.63, 3.8) is 0 Å². The van der Waals surface area contributed by atoms with Crippen molar-refractivity contribution in [3.8, 4) is 0 Å². The molecule has 0 unspecified atom stereocenters. The summed E-state index contributed by atoms with van der Waals surface area (Å²) >= 11 is 0. The number of rotatable bonds is 4. The first kappa shape index (κ1) is 44.8. The molecule has 0 aliphatic rings. The summed E-state index contributed by atoms with van der Waals surface area (Å²) in [4.78, 5) is 18.9. The summed E-state index contributed by atoms with van der Waals surface area (Å²) in [6, 6.07) is 0. The molecule has 0 radical (unpaired) electrons. The van der Waals surface area contributed by atoms with Crippen molar-refractivity contribution >= 4 is 49.9 Å². The third kappa shape index (κ3) is 134. The van der Waals surface area contributed by atoms with E-state index in [4.69, 9.17) is 13.0 Å². The van der Waals surface area contributed by atoms with Gasteiger partial charge in [0.2, 0.25) is 0 Å². The lowest BCUT2D eigenvalue weighted by atomic mass is 11.8. The second kappa shape index (κ2) is 16.7. The first-order valence-electron chi connectivity index (χ1n) is 10.2. The molecule has 0 saturated carbocycles. The Labute approximate surface area is 200 Å². The summed E-state index contributed by atoms with van der Waals surface area (Å²) in [7, 11) is -8.40. The summed E-state index contributed by atoms with van der Waals surface area (Å²) < 4.78 is 11.8. The van der Waals surface area contributed by atoms with E-state index < -0.39 is 49.9 Å². The molecule has 0 atom stereocenters. The number of hydrogen-bond acceptors (Lipinski definition) is 4. The second-order valence-corrected chi connectivity index (χ2v) is 40.0. The fraction of sp³-hybridized carbons (Fsp3) is 1.00. The molecule has 0 rings (SSSR count). The normalized spacial score (nSPS) is 12.4. The Morgan fingerprint density at radius 2 is 0.500 bits per heavy atom. The van der Waals surface area contributed by atoms with Gasteiger partial charge in [0.25, 0.3) is 0 Å². The maximum atomic E-state index is 10.2. The minimum atomic E-state index is -1.86. The Morgan fingerprint density at radius 1 is 0.433 bits per heavy atom. The highest BCUT2D eigenvalue weighted by Crippen LogP contribution is 2.13. The Balaban J connectivity index is -0.0000000649. The molecule has 10 heteroatoms. The van der Waals surface area contributed by atoms with E-state index in [-0.39, 0.29) is 14.9 Å². The van der Waals surface area contributed by atoms with Gasteiger partial charge >= 0.3 is 0 Å². The molecule has 30 heavy (non-hydrogen) atoms. The van der Waals surface area contributed by atoms with E-state index in [1.165, 1.54) is 0 Å². The highest BCUT2D eigenvalue weighted by Gasteiger charge is 2.24. The second-order valence-electron chi connectivity index (χ2n) is 12.9. The van der Waals surface area contributed by atoms with Crippen LogP contribution in [0.1, 0.15) is 14.9 Å². The van der Waals surface area contributed by atoms with Crippen molar-refractivity contribution in [1.29, 1.82) is 0 Å². The maximum Gasteiger partial charge on any atom is 0.179 e. The van der Waals surface area contributed by atoms with E-state index >= 15 is 0 Å². The fourth-order valence-electron chi connectivity index (χ4n) is 1.84. The van der Waals surface area contributed by atoms with Gasteiger partial charge < -0.3 is 17.8 Å². The van der Waals surface area contributed by atoms with Crippen molar-refractivity contribution in [2.24, 2.45) is 0 Å². The van der Waals surface area contributed by atoms with Crippen LogP contribution in [0.4, 0.5) is 0 Å². The maximum absolute atomic E-state index is 10.2. The zero-order chi connectivity index (χ0) is 24.4. The van der Waals surface area contributed by atoms with Crippen molar-refractivity contribution in [2.45, 2.75) is 133 Å². The average Bonchev–Trinajstić information content (AvgIpc) is 1.95. The van der Waals surface area contributed by atoms with Crippen LogP contribution >= 0.6 is 0 Å². The minimum Gasteiger partial charge on any atom is -0.859 e. The van der Waals surface area contributed by atoms with Crippen LogP contribution in [0.25, 0.3) is 0 Å². The molecule has 0 saturated heterocycles. The minimum absolute atomic E-state index is 0. The lowest BCUT2D eigenvalue weighted by Crippen LogP contribution is -2.39. The van der Waals surface area contributed by atoms with Gasteiger partial charge in [0.1, 0.15) is 0 Å². The third-order valence-electron chi connectivity index (χ3n) is 1.22. The molecule has 0 spiro atoms. The van der Waals surface area contributed by atoms with Crippen molar-refractivity contribution in [3.05, 3.63) is 0 Å². The van der Waals surface area contributed by atoms with Crippen molar-refractivity contribution in [1.82, 2.24) is 0 Å². The quantitative estimate of drug-likeness (QED) is 0.376. The molecule has 0 aromatic rings. The van der Waals surface area contributed by atoms with Crippen molar-refractivity contribution in [2.75, 3.05) is 0 Å². The largest absolute Gasteiger partial charge is 0.859 e. The zero-order valence-corrected chi connectivity index (χ0v) is 28.7. The van der Waals surface area contributed by atoms with Gasteiger partial charge in [-0.05, 0) is 98.2 Å². The molecular weight excluding hydrogens is 473 g/mol. The Morgan fingerprint density at radius 3 is 0.500 bits per heavy atom. The van der Waals surface area contributed by atoms with E-state index in [2.05, 4.69) is 78.6 Å². The van der Waals surface area contributed by atoms with Crippen LogP contribution in [0.15, 0.2) is 0 Å². The highest BCUT2D eigenvalue weighted by atomic mass is 28.4. The van der Waals surface area contributed by atoms with Crippen LogP contribution in [0.2, 0.25) is 118 Å². The standard InChI is InChI=1S/2C6H18OSi2.C3H10OSi.C3H9OSi.2CH4/c2*1-8(2,3)7-9(4,5)6;2*1-5(2,3)4;;/h2*1-6H3;4H,1-3H3;1-3H3;2*1H4/q;;;-1;;. The van der Waals surface area contributed by atoms with Crippen molar-refractivity contribution < 1.29 is 17.8 Å². The lowest BCUT2D eigenvalue weighted by molar-refractivity contribution is -0.203. The first-order chi connectivity index (χ1) is 11.4. The Hall–Kier alpha value is 1.14. The van der Waals surface area contributed by atoms with Gasteiger partial charge in [-0.1, -0.05) is 42.8 Å². The Bertz CT molecular complexity index is 305. The topological polar surface area (TPSA) is 61.8 Å². The highest BCUT2D eigenvalue weighted by molar-refractivity contribution is 6.84. The summed E-state index contributed by atoms with van der Waals surface area (Å²) in [5.74, 6) is 0. The molecule has 0 fully saturated rings. The summed E-state index contributed by atoms with van der Waals surface area (Å²) in [5.41, 5.74) is 0. The predicted octanol–water partition coefficient (Wildman–Crippen LogP) is 7.61. The van der Waals surface area contributed by atoms with Gasteiger partial charge in [-0.25, -0.2) is 0 Å². The lowest BCUT2D eigenvalue weighted by Gasteiger charge is -2.27. The summed E-state index contributed by atoms with van der Waals surface area (Å²) in [6.45, 7) is 37.9. The van der Waals surface area contributed by atoms with Crippen LogP contribution in [0.3, 0.4) is 0 Å². The van der Waals surface area contributed by atoms with E-state index in [1.54, 1.807) is 19.6 Å². The zero-order valence-electron chi connectivity index (χ0n) is 22.7. The molecule has 0 aromatic carbocycles. The van der Waals surface area contributed by atoms with Crippen LogP contribution in [0.5, 0.6) is 0 Å². The molecule has 0 aliphatic carbocycles. The molecule has 0 aliphatic heterocycles.